The maximum atomic E-state index is 13.1. The lowest BCUT2D eigenvalue weighted by Crippen LogP contribution is -2.30. The van der Waals surface area contributed by atoms with Gasteiger partial charge in [-0.15, -0.1) is 0 Å². The molecule has 5 heteroatoms. The Morgan fingerprint density at radius 3 is 2.60 bits per heavy atom. The molecule has 0 radical (unpaired) electrons. The highest BCUT2D eigenvalue weighted by atomic mass is 19.1. The Labute approximate surface area is 117 Å². The lowest BCUT2D eigenvalue weighted by atomic mass is 10.2. The number of nitrogens with zero attached hydrogens (tertiary/aromatic N) is 1. The lowest BCUT2D eigenvalue weighted by molar-refractivity contribution is 0.220. The molecule has 3 N–H and O–H groups in total. The average molecular weight is 273 g/mol. The quantitative estimate of drug-likeness (QED) is 0.844. The van der Waals surface area contributed by atoms with Gasteiger partial charge in [0.25, 0.3) is 0 Å². The fourth-order valence-electron chi connectivity index (χ4n) is 1.77. The van der Waals surface area contributed by atoms with E-state index < -0.39 is 0 Å². The van der Waals surface area contributed by atoms with Crippen molar-refractivity contribution in [2.24, 2.45) is 0 Å². The lowest BCUT2D eigenvalue weighted by Gasteiger charge is -2.18. The van der Waals surface area contributed by atoms with Gasteiger partial charge in [0.2, 0.25) is 0 Å². The number of nitrogens with two attached hydrogens (primary N) is 1. The minimum Gasteiger partial charge on any atom is -0.399 e. The molecule has 0 aliphatic carbocycles. The highest BCUT2D eigenvalue weighted by molar-refractivity contribution is 5.89. The number of carbonyl (C=O) groups is 1. The van der Waals surface area contributed by atoms with Crippen molar-refractivity contribution < 1.29 is 9.18 Å². The predicted octanol–water partition coefficient (Wildman–Crippen LogP) is 3.07. The third-order valence-corrected chi connectivity index (χ3v) is 2.82. The van der Waals surface area contributed by atoms with Crippen LogP contribution in [0.15, 0.2) is 48.5 Å². The normalized spacial score (nSPS) is 10.1. The van der Waals surface area contributed by atoms with Crippen LogP contribution in [-0.2, 0) is 6.54 Å². The first-order chi connectivity index (χ1) is 9.54. The molecule has 0 aromatic heterocycles. The summed E-state index contributed by atoms with van der Waals surface area (Å²) in [7, 11) is 1.65. The topological polar surface area (TPSA) is 58.4 Å². The maximum Gasteiger partial charge on any atom is 0.321 e. The third kappa shape index (κ3) is 3.71. The number of nitrogen functional groups attached to an aromatic ring is 1. The fraction of sp³-hybridized carbons (Fsp3) is 0.133. The van der Waals surface area contributed by atoms with E-state index in [1.165, 1.54) is 17.0 Å². The van der Waals surface area contributed by atoms with Crippen LogP contribution in [-0.4, -0.2) is 18.0 Å². The molecule has 20 heavy (non-hydrogen) atoms. The van der Waals surface area contributed by atoms with E-state index in [1.54, 1.807) is 43.4 Å². The van der Waals surface area contributed by atoms with E-state index in [0.29, 0.717) is 17.9 Å². The van der Waals surface area contributed by atoms with Crippen LogP contribution in [0.4, 0.5) is 20.6 Å². The van der Waals surface area contributed by atoms with Crippen molar-refractivity contribution in [3.63, 3.8) is 0 Å². The molecule has 0 saturated heterocycles. The summed E-state index contributed by atoms with van der Waals surface area (Å²) >= 11 is 0. The molecule has 2 aromatic carbocycles. The molecular weight excluding hydrogens is 257 g/mol. The van der Waals surface area contributed by atoms with Gasteiger partial charge in [-0.3, -0.25) is 0 Å². The smallest absolute Gasteiger partial charge is 0.321 e. The first-order valence-corrected chi connectivity index (χ1v) is 6.17. The zero-order valence-electron chi connectivity index (χ0n) is 11.1. The van der Waals surface area contributed by atoms with Crippen LogP contribution < -0.4 is 11.1 Å². The van der Waals surface area contributed by atoms with E-state index >= 15 is 0 Å². The molecule has 0 spiro atoms. The Balaban J connectivity index is 1.96. The number of nitrogens with one attached hydrogen (secondary N) is 1. The van der Waals surface area contributed by atoms with Gasteiger partial charge in [0.05, 0.1) is 0 Å². The van der Waals surface area contributed by atoms with Crippen LogP contribution in [0.1, 0.15) is 5.56 Å². The van der Waals surface area contributed by atoms with Crippen molar-refractivity contribution >= 4 is 17.4 Å². The molecule has 0 bridgehead atoms. The summed E-state index contributed by atoms with van der Waals surface area (Å²) in [5, 5.41) is 2.74. The number of hydrogen-bond donors (Lipinski definition) is 2. The van der Waals surface area contributed by atoms with Crippen molar-refractivity contribution in [3.8, 4) is 0 Å². The molecular formula is C15H16FN3O. The zero-order valence-corrected chi connectivity index (χ0v) is 11.1. The summed E-state index contributed by atoms with van der Waals surface area (Å²) in [4.78, 5) is 13.5. The summed E-state index contributed by atoms with van der Waals surface area (Å²) in [5.74, 6) is -0.310. The zero-order chi connectivity index (χ0) is 14.5. The first-order valence-electron chi connectivity index (χ1n) is 6.17. The van der Waals surface area contributed by atoms with E-state index in [-0.39, 0.29) is 11.8 Å². The molecule has 0 heterocycles. The molecule has 0 unspecified atom stereocenters. The Kier molecular flexibility index (Phi) is 4.20. The number of anilines is 2. The van der Waals surface area contributed by atoms with Gasteiger partial charge in [-0.1, -0.05) is 12.1 Å². The maximum absolute atomic E-state index is 13.1. The van der Waals surface area contributed by atoms with Gasteiger partial charge in [-0.05, 0) is 42.0 Å². The number of hydrogen-bond acceptors (Lipinski definition) is 2. The Morgan fingerprint density at radius 2 is 1.95 bits per heavy atom. The number of urea groups is 1. The molecule has 0 fully saturated rings. The van der Waals surface area contributed by atoms with Gasteiger partial charge in [0.15, 0.2) is 0 Å². The van der Waals surface area contributed by atoms with Gasteiger partial charge in [-0.2, -0.15) is 0 Å². The molecule has 0 saturated carbocycles. The van der Waals surface area contributed by atoms with Crippen LogP contribution >= 0.6 is 0 Å². The number of amides is 2. The molecule has 2 amide bonds. The fourth-order valence-corrected chi connectivity index (χ4v) is 1.77. The largest absolute Gasteiger partial charge is 0.399 e. The number of rotatable bonds is 3. The van der Waals surface area contributed by atoms with Crippen molar-refractivity contribution in [1.29, 1.82) is 0 Å². The van der Waals surface area contributed by atoms with Gasteiger partial charge in [0, 0.05) is 25.0 Å². The van der Waals surface area contributed by atoms with Gasteiger partial charge < -0.3 is 16.0 Å². The molecule has 0 atom stereocenters. The van der Waals surface area contributed by atoms with Crippen molar-refractivity contribution in [1.82, 2.24) is 4.90 Å². The molecule has 0 aliphatic heterocycles. The van der Waals surface area contributed by atoms with Crippen LogP contribution in [0.25, 0.3) is 0 Å². The second-order valence-electron chi connectivity index (χ2n) is 4.54. The standard InChI is InChI=1S/C15H16FN3O/c1-19(10-11-3-2-4-12(16)9-11)15(20)18-14-7-5-13(17)6-8-14/h2-9H,10,17H2,1H3,(H,18,20). The van der Waals surface area contributed by atoms with Crippen molar-refractivity contribution in [2.75, 3.05) is 18.1 Å². The summed E-state index contributed by atoms with van der Waals surface area (Å²) in [5.41, 5.74) is 7.61. The summed E-state index contributed by atoms with van der Waals surface area (Å²) in [6.07, 6.45) is 0. The van der Waals surface area contributed by atoms with Crippen LogP contribution in [0, 0.1) is 5.82 Å². The van der Waals surface area contributed by atoms with E-state index in [2.05, 4.69) is 5.32 Å². The monoisotopic (exact) mass is 273 g/mol. The Morgan fingerprint density at radius 1 is 1.25 bits per heavy atom. The highest BCUT2D eigenvalue weighted by Gasteiger charge is 2.09. The molecule has 2 rings (SSSR count). The van der Waals surface area contributed by atoms with Crippen LogP contribution in [0.2, 0.25) is 0 Å². The van der Waals surface area contributed by atoms with Crippen LogP contribution in [0.3, 0.4) is 0 Å². The van der Waals surface area contributed by atoms with E-state index in [1.807, 2.05) is 0 Å². The van der Waals surface area contributed by atoms with Gasteiger partial charge in [-0.25, -0.2) is 9.18 Å². The van der Waals surface area contributed by atoms with Gasteiger partial charge >= 0.3 is 6.03 Å². The average Bonchev–Trinajstić information content (AvgIpc) is 2.41. The SMILES string of the molecule is CN(Cc1cccc(F)c1)C(=O)Nc1ccc(N)cc1. The number of benzene rings is 2. The number of halogens is 1. The van der Waals surface area contributed by atoms with Gasteiger partial charge in [0.1, 0.15) is 5.82 Å². The number of carbonyl (C=O) groups excluding carboxylic acids is 1. The second kappa shape index (κ2) is 6.06. The Bertz CT molecular complexity index is 598. The van der Waals surface area contributed by atoms with Crippen molar-refractivity contribution in [2.45, 2.75) is 6.54 Å². The first kappa shape index (κ1) is 13.9. The molecule has 0 aliphatic rings. The minimum atomic E-state index is -0.310. The van der Waals surface area contributed by atoms with E-state index in [4.69, 9.17) is 5.73 Å². The minimum absolute atomic E-state index is 0.265. The van der Waals surface area contributed by atoms with E-state index in [9.17, 15) is 9.18 Å². The van der Waals surface area contributed by atoms with Crippen LogP contribution in [0.5, 0.6) is 0 Å². The molecule has 2 aromatic rings. The summed E-state index contributed by atoms with van der Waals surface area (Å²) in [6.45, 7) is 0.332. The Hall–Kier alpha value is -2.56. The predicted molar refractivity (Wildman–Crippen MR) is 77.7 cm³/mol. The summed E-state index contributed by atoms with van der Waals surface area (Å²) in [6, 6.07) is 12.8. The second-order valence-corrected chi connectivity index (χ2v) is 4.54. The van der Waals surface area contributed by atoms with Crippen molar-refractivity contribution in [3.05, 3.63) is 59.9 Å². The summed E-state index contributed by atoms with van der Waals surface area (Å²) < 4.78 is 13.1. The van der Waals surface area contributed by atoms with E-state index in [0.717, 1.165) is 5.56 Å². The third-order valence-electron chi connectivity index (χ3n) is 2.82. The highest BCUT2D eigenvalue weighted by Crippen LogP contribution is 2.12. The molecule has 104 valence electrons. The molecule has 4 nitrogen and oxygen atoms in total.